The molecule has 0 bridgehead atoms. The van der Waals surface area contributed by atoms with E-state index in [1.807, 2.05) is 0 Å². The van der Waals surface area contributed by atoms with E-state index in [0.29, 0.717) is 0 Å². The number of allylic oxidation sites excluding steroid dienone is 1. The van der Waals surface area contributed by atoms with E-state index < -0.39 is 0 Å². The first-order chi connectivity index (χ1) is 22.5. The minimum absolute atomic E-state index is 0.149. The highest BCUT2D eigenvalue weighted by Gasteiger charge is 2.22. The fourth-order valence-corrected chi connectivity index (χ4v) is 7.96. The van der Waals surface area contributed by atoms with E-state index in [1.165, 1.54) is 93.4 Å². The number of nitrogens with zero attached hydrogens (tertiary/aromatic N) is 1. The molecule has 0 N–H and O–H groups in total. The van der Waals surface area contributed by atoms with Crippen molar-refractivity contribution >= 4 is 60.5 Å². The molecule has 230 valence electrons. The molecular weight excluding hydrogens is 567 g/mol. The first-order valence-corrected chi connectivity index (χ1v) is 17.1. The van der Waals surface area contributed by atoms with Crippen molar-refractivity contribution in [3.8, 4) is 11.1 Å². The van der Waals surface area contributed by atoms with Crippen LogP contribution in [0.5, 0.6) is 0 Å². The lowest BCUT2D eigenvalue weighted by molar-refractivity contribution is 0.590. The number of rotatable bonds is 2. The van der Waals surface area contributed by atoms with Crippen molar-refractivity contribution in [2.45, 2.75) is 65.2 Å². The molecule has 0 saturated carbocycles. The molecule has 0 spiro atoms. The summed E-state index contributed by atoms with van der Waals surface area (Å²) in [5.74, 6) is 0. The molecule has 0 amide bonds. The zero-order valence-electron chi connectivity index (χ0n) is 28.3. The maximum Gasteiger partial charge on any atom is 0.0620 e. The summed E-state index contributed by atoms with van der Waals surface area (Å²) in [7, 11) is 0. The average Bonchev–Trinajstić information content (AvgIpc) is 3.56. The summed E-state index contributed by atoms with van der Waals surface area (Å²) >= 11 is 0. The van der Waals surface area contributed by atoms with Crippen molar-refractivity contribution in [2.24, 2.45) is 0 Å². The summed E-state index contributed by atoms with van der Waals surface area (Å²) in [5, 5.41) is 7.95. The summed E-state index contributed by atoms with van der Waals surface area (Å²) in [6.07, 6.45) is 4.60. The van der Waals surface area contributed by atoms with Crippen LogP contribution in [0.2, 0.25) is 0 Å². The lowest BCUT2D eigenvalue weighted by Gasteiger charge is -2.21. The largest absolute Gasteiger partial charge is 0.308 e. The highest BCUT2D eigenvalue weighted by atomic mass is 14.9. The fraction of sp³-hybridized carbons (Fsp3) is 0.217. The van der Waals surface area contributed by atoms with Crippen molar-refractivity contribution in [1.29, 1.82) is 0 Å². The van der Waals surface area contributed by atoms with Crippen molar-refractivity contribution in [3.63, 3.8) is 0 Å². The maximum absolute atomic E-state index is 2.54. The Morgan fingerprint density at radius 3 is 1.74 bits per heavy atom. The van der Waals surface area contributed by atoms with Crippen LogP contribution in [0.15, 0.2) is 109 Å². The predicted octanol–water partition coefficient (Wildman–Crippen LogP) is 12.7. The lowest BCUT2D eigenvalue weighted by Crippen LogP contribution is -2.10. The second-order valence-electron chi connectivity index (χ2n) is 15.9. The van der Waals surface area contributed by atoms with Gasteiger partial charge in [-0.25, -0.2) is 0 Å². The van der Waals surface area contributed by atoms with E-state index in [4.69, 9.17) is 0 Å². The minimum Gasteiger partial charge on any atom is -0.308 e. The van der Waals surface area contributed by atoms with Crippen LogP contribution in [0.4, 0.5) is 0 Å². The Hall–Kier alpha value is -4.88. The first-order valence-electron chi connectivity index (χ1n) is 17.1. The monoisotopic (exact) mass is 607 g/mol. The topological polar surface area (TPSA) is 4.41 Å². The maximum atomic E-state index is 2.54. The molecule has 0 radical (unpaired) electrons. The van der Waals surface area contributed by atoms with E-state index >= 15 is 0 Å². The number of hydrogen-bond donors (Lipinski definition) is 0. The third kappa shape index (κ3) is 4.43. The number of fused-ring (bicyclic) bond motifs is 8. The molecule has 0 aliphatic heterocycles. The van der Waals surface area contributed by atoms with Crippen LogP contribution in [-0.2, 0) is 17.3 Å². The predicted molar refractivity (Wildman–Crippen MR) is 204 cm³/mol. The Kier molecular flexibility index (Phi) is 5.92. The number of benzene rings is 6. The van der Waals surface area contributed by atoms with E-state index in [1.54, 1.807) is 0 Å². The van der Waals surface area contributed by atoms with Gasteiger partial charge >= 0.3 is 0 Å². The molecule has 0 fully saturated rings. The molecule has 1 aliphatic rings. The molecule has 1 nitrogen and oxygen atoms in total. The van der Waals surface area contributed by atoms with E-state index in [2.05, 4.69) is 161 Å². The Morgan fingerprint density at radius 2 is 1.09 bits per heavy atom. The smallest absolute Gasteiger partial charge is 0.0620 e. The molecule has 0 saturated heterocycles. The molecule has 2 heterocycles. The SMILES string of the molecule is CC(C)(C)c1ccc(C2=Cc3cc4c(cc3CC2)c2cccc3c5cc6ccc(-c7ccc(C(C)(C)C)cc7)cc6cc5n4c23)cc1. The second-order valence-corrected chi connectivity index (χ2v) is 15.9. The first kappa shape index (κ1) is 28.4. The van der Waals surface area contributed by atoms with Gasteiger partial charge in [0.1, 0.15) is 0 Å². The van der Waals surface area contributed by atoms with E-state index in [9.17, 15) is 0 Å². The minimum atomic E-state index is 0.149. The van der Waals surface area contributed by atoms with Gasteiger partial charge in [-0.05, 0) is 109 Å². The average molecular weight is 608 g/mol. The van der Waals surface area contributed by atoms with Gasteiger partial charge in [0.15, 0.2) is 0 Å². The van der Waals surface area contributed by atoms with Crippen LogP contribution >= 0.6 is 0 Å². The van der Waals surface area contributed by atoms with Gasteiger partial charge in [0.05, 0.1) is 16.6 Å². The fourth-order valence-electron chi connectivity index (χ4n) is 7.96. The third-order valence-corrected chi connectivity index (χ3v) is 10.7. The van der Waals surface area contributed by atoms with Gasteiger partial charge in [-0.15, -0.1) is 0 Å². The Bertz CT molecular complexity index is 2540. The summed E-state index contributed by atoms with van der Waals surface area (Å²) in [5.41, 5.74) is 15.1. The molecule has 6 aromatic carbocycles. The Balaban J connectivity index is 1.21. The lowest BCUT2D eigenvalue weighted by atomic mass is 9.84. The quantitative estimate of drug-likeness (QED) is 0.184. The molecule has 8 aromatic rings. The van der Waals surface area contributed by atoms with Crippen LogP contribution in [0.3, 0.4) is 0 Å². The van der Waals surface area contributed by atoms with Crippen molar-refractivity contribution in [1.82, 2.24) is 4.40 Å². The van der Waals surface area contributed by atoms with E-state index in [0.717, 1.165) is 12.8 Å². The van der Waals surface area contributed by atoms with Crippen LogP contribution in [0.1, 0.15) is 75.8 Å². The van der Waals surface area contributed by atoms with Crippen LogP contribution in [0.25, 0.3) is 71.6 Å². The van der Waals surface area contributed by atoms with Crippen LogP contribution in [0, 0.1) is 0 Å². The number of hydrogen-bond acceptors (Lipinski definition) is 0. The molecule has 1 heteroatoms. The van der Waals surface area contributed by atoms with Crippen LogP contribution in [-0.4, -0.2) is 4.40 Å². The van der Waals surface area contributed by atoms with Gasteiger partial charge in [-0.1, -0.05) is 126 Å². The van der Waals surface area contributed by atoms with Gasteiger partial charge in [0, 0.05) is 21.5 Å². The number of aryl methyl sites for hydroxylation is 1. The summed E-state index contributed by atoms with van der Waals surface area (Å²) in [6, 6.07) is 42.0. The molecule has 0 atom stereocenters. The highest BCUT2D eigenvalue weighted by molar-refractivity contribution is 6.25. The summed E-state index contributed by atoms with van der Waals surface area (Å²) in [4.78, 5) is 0. The van der Waals surface area contributed by atoms with Crippen LogP contribution < -0.4 is 0 Å². The standard InChI is InChI=1S/C46H41N/c1-45(2,3)36-18-14-28(15-19-36)30-10-12-32-24-40-38-8-7-9-39-41-25-33-13-11-31(29-16-20-37(21-17-29)46(4,5)6)23-35(33)27-43(41)47(44(38)39)42(40)26-34(32)22-30/h7-10,12,14-27H,11,13H2,1-6H3. The molecule has 2 aromatic heterocycles. The van der Waals surface area contributed by atoms with E-state index in [-0.39, 0.29) is 10.8 Å². The normalized spacial score (nSPS) is 14.1. The number of para-hydroxylation sites is 1. The molecular formula is C46H41N. The van der Waals surface area contributed by atoms with Gasteiger partial charge < -0.3 is 4.40 Å². The zero-order valence-corrected chi connectivity index (χ0v) is 28.3. The van der Waals surface area contributed by atoms with Gasteiger partial charge in [-0.3, -0.25) is 0 Å². The number of aromatic nitrogens is 1. The van der Waals surface area contributed by atoms with Gasteiger partial charge in [-0.2, -0.15) is 0 Å². The Labute approximate surface area is 277 Å². The highest BCUT2D eigenvalue weighted by Crippen LogP contribution is 2.43. The van der Waals surface area contributed by atoms with Gasteiger partial charge in [0.2, 0.25) is 0 Å². The molecule has 47 heavy (non-hydrogen) atoms. The summed E-state index contributed by atoms with van der Waals surface area (Å²) in [6.45, 7) is 13.7. The molecule has 0 unspecified atom stereocenters. The molecule has 9 rings (SSSR count). The Morgan fingerprint density at radius 1 is 0.489 bits per heavy atom. The third-order valence-electron chi connectivity index (χ3n) is 10.7. The summed E-state index contributed by atoms with van der Waals surface area (Å²) < 4.78 is 2.54. The van der Waals surface area contributed by atoms with Crippen molar-refractivity contribution < 1.29 is 0 Å². The second kappa shape index (κ2) is 9.81. The van der Waals surface area contributed by atoms with Crippen molar-refractivity contribution in [3.05, 3.63) is 137 Å². The van der Waals surface area contributed by atoms with Crippen molar-refractivity contribution in [2.75, 3.05) is 0 Å². The van der Waals surface area contributed by atoms with Gasteiger partial charge in [0.25, 0.3) is 0 Å². The molecule has 1 aliphatic carbocycles. The zero-order chi connectivity index (χ0) is 32.2.